The first-order chi connectivity index (χ1) is 9.40. The van der Waals surface area contributed by atoms with Gasteiger partial charge in [0.05, 0.1) is 0 Å². The fraction of sp³-hybridized carbons (Fsp3) is 0.733. The van der Waals surface area contributed by atoms with Gasteiger partial charge in [-0.05, 0) is 24.7 Å². The Hall–Kier alpha value is -1.36. The van der Waals surface area contributed by atoms with E-state index in [4.69, 9.17) is 5.73 Å². The molecule has 1 aliphatic rings. The Morgan fingerprint density at radius 2 is 2.00 bits per heavy atom. The summed E-state index contributed by atoms with van der Waals surface area (Å²) in [6.45, 7) is 7.34. The molecule has 0 aliphatic heterocycles. The second kappa shape index (κ2) is 5.95. The molecule has 1 heterocycles. The van der Waals surface area contributed by atoms with Gasteiger partial charge >= 0.3 is 0 Å². The highest BCUT2D eigenvalue weighted by molar-refractivity contribution is 5.45. The topological polar surface area (TPSA) is 84.1 Å². The van der Waals surface area contributed by atoms with E-state index in [9.17, 15) is 5.11 Å². The maximum Gasteiger partial charge on any atom is 0.138 e. The lowest BCUT2D eigenvalue weighted by Gasteiger charge is -2.20. The number of nitrogens with one attached hydrogen (secondary N) is 1. The van der Waals surface area contributed by atoms with Gasteiger partial charge in [-0.1, -0.05) is 27.2 Å². The van der Waals surface area contributed by atoms with Crippen LogP contribution >= 0.6 is 0 Å². The predicted octanol–water partition coefficient (Wildman–Crippen LogP) is 2.18. The van der Waals surface area contributed by atoms with E-state index in [2.05, 4.69) is 36.1 Å². The molecule has 2 unspecified atom stereocenters. The van der Waals surface area contributed by atoms with Crippen LogP contribution in [0.4, 0.5) is 11.6 Å². The number of anilines is 2. The molecule has 0 radical (unpaired) electrons. The van der Waals surface area contributed by atoms with Crippen LogP contribution in [0, 0.1) is 11.8 Å². The Balaban J connectivity index is 2.04. The van der Waals surface area contributed by atoms with Crippen LogP contribution in [0.5, 0.6) is 0 Å². The standard InChI is InChI=1S/C15H26N4O/c1-15(2,3)14-18-12(16)7-13(19-14)17-8-10-5-4-6-11(10)9-20/h7,10-11,20H,4-6,8-9H2,1-3H3,(H3,16,17,18,19). The van der Waals surface area contributed by atoms with Crippen LogP contribution in [0.1, 0.15) is 45.9 Å². The number of aromatic nitrogens is 2. The summed E-state index contributed by atoms with van der Waals surface area (Å²) in [4.78, 5) is 8.85. The highest BCUT2D eigenvalue weighted by Gasteiger charge is 2.26. The molecule has 20 heavy (non-hydrogen) atoms. The van der Waals surface area contributed by atoms with Crippen LogP contribution in [0.2, 0.25) is 0 Å². The van der Waals surface area contributed by atoms with Crippen LogP contribution in [0.15, 0.2) is 6.07 Å². The van der Waals surface area contributed by atoms with Crippen molar-refractivity contribution in [2.75, 3.05) is 24.2 Å². The SMILES string of the molecule is CC(C)(C)c1nc(N)cc(NCC2CCCC2CO)n1. The summed E-state index contributed by atoms with van der Waals surface area (Å²) >= 11 is 0. The van der Waals surface area contributed by atoms with E-state index < -0.39 is 0 Å². The molecule has 1 aromatic rings. The van der Waals surface area contributed by atoms with Crippen LogP contribution in [0.25, 0.3) is 0 Å². The van der Waals surface area contributed by atoms with E-state index in [-0.39, 0.29) is 12.0 Å². The molecule has 0 saturated heterocycles. The monoisotopic (exact) mass is 278 g/mol. The zero-order valence-corrected chi connectivity index (χ0v) is 12.7. The molecule has 1 fully saturated rings. The quantitative estimate of drug-likeness (QED) is 0.786. The van der Waals surface area contributed by atoms with Crippen molar-refractivity contribution >= 4 is 11.6 Å². The van der Waals surface area contributed by atoms with Gasteiger partial charge in [0.2, 0.25) is 0 Å². The Labute approximate surface area is 121 Å². The first-order valence-electron chi connectivity index (χ1n) is 7.40. The van der Waals surface area contributed by atoms with Crippen LogP contribution in [-0.2, 0) is 5.41 Å². The Kier molecular flexibility index (Phi) is 4.48. The third kappa shape index (κ3) is 3.60. The average Bonchev–Trinajstić information content (AvgIpc) is 2.82. The van der Waals surface area contributed by atoms with Crippen LogP contribution in [-0.4, -0.2) is 28.2 Å². The zero-order chi connectivity index (χ0) is 14.8. The third-order valence-corrected chi connectivity index (χ3v) is 4.01. The van der Waals surface area contributed by atoms with Crippen molar-refractivity contribution in [1.29, 1.82) is 0 Å². The maximum atomic E-state index is 9.36. The van der Waals surface area contributed by atoms with Crippen LogP contribution < -0.4 is 11.1 Å². The van der Waals surface area contributed by atoms with E-state index >= 15 is 0 Å². The smallest absolute Gasteiger partial charge is 0.138 e. The summed E-state index contributed by atoms with van der Waals surface area (Å²) in [7, 11) is 0. The van der Waals surface area contributed by atoms with E-state index in [1.165, 1.54) is 12.8 Å². The van der Waals surface area contributed by atoms with Gasteiger partial charge in [-0.15, -0.1) is 0 Å². The summed E-state index contributed by atoms with van der Waals surface area (Å²) in [5.74, 6) is 2.98. The van der Waals surface area contributed by atoms with Gasteiger partial charge in [0, 0.05) is 24.6 Å². The zero-order valence-electron chi connectivity index (χ0n) is 12.7. The molecular formula is C15H26N4O. The van der Waals surface area contributed by atoms with Gasteiger partial charge in [-0.3, -0.25) is 0 Å². The molecule has 0 bridgehead atoms. The molecule has 1 aromatic heterocycles. The molecule has 1 aliphatic carbocycles. The van der Waals surface area contributed by atoms with Gasteiger partial charge < -0.3 is 16.2 Å². The van der Waals surface area contributed by atoms with Gasteiger partial charge in [0.15, 0.2) is 0 Å². The molecule has 0 aromatic carbocycles. The molecule has 2 rings (SSSR count). The average molecular weight is 278 g/mol. The van der Waals surface area contributed by atoms with E-state index in [1.54, 1.807) is 6.07 Å². The van der Waals surface area contributed by atoms with Crippen LogP contribution in [0.3, 0.4) is 0 Å². The summed E-state index contributed by atoms with van der Waals surface area (Å²) in [5.41, 5.74) is 5.74. The minimum atomic E-state index is -0.118. The molecule has 2 atom stereocenters. The lowest BCUT2D eigenvalue weighted by atomic mass is 9.95. The molecular weight excluding hydrogens is 252 g/mol. The van der Waals surface area contributed by atoms with Gasteiger partial charge in [0.25, 0.3) is 0 Å². The normalized spacial score (nSPS) is 23.0. The Bertz CT molecular complexity index is 456. The number of nitrogens with two attached hydrogens (primary N) is 1. The molecule has 4 N–H and O–H groups in total. The van der Waals surface area contributed by atoms with Crippen molar-refractivity contribution in [2.24, 2.45) is 11.8 Å². The number of aliphatic hydroxyl groups is 1. The summed E-state index contributed by atoms with van der Waals surface area (Å²) in [6.07, 6.45) is 3.50. The highest BCUT2D eigenvalue weighted by Crippen LogP contribution is 2.31. The number of nitrogens with zero attached hydrogens (tertiary/aromatic N) is 2. The third-order valence-electron chi connectivity index (χ3n) is 4.01. The van der Waals surface area contributed by atoms with E-state index in [0.717, 1.165) is 24.6 Å². The summed E-state index contributed by atoms with van der Waals surface area (Å²) < 4.78 is 0. The number of aliphatic hydroxyl groups excluding tert-OH is 1. The number of hydrogen-bond acceptors (Lipinski definition) is 5. The van der Waals surface area contributed by atoms with Gasteiger partial charge in [-0.2, -0.15) is 0 Å². The summed E-state index contributed by atoms with van der Waals surface area (Å²) in [5, 5.41) is 12.7. The second-order valence-corrected chi connectivity index (χ2v) is 6.77. The minimum Gasteiger partial charge on any atom is -0.396 e. The highest BCUT2D eigenvalue weighted by atomic mass is 16.3. The fourth-order valence-electron chi connectivity index (χ4n) is 2.75. The number of nitrogen functional groups attached to an aromatic ring is 1. The van der Waals surface area contributed by atoms with Crippen molar-refractivity contribution < 1.29 is 5.11 Å². The molecule has 5 nitrogen and oxygen atoms in total. The first kappa shape index (κ1) is 15.0. The lowest BCUT2D eigenvalue weighted by molar-refractivity contribution is 0.199. The molecule has 0 spiro atoms. The molecule has 0 amide bonds. The van der Waals surface area contributed by atoms with Crippen molar-refractivity contribution in [1.82, 2.24) is 9.97 Å². The molecule has 1 saturated carbocycles. The minimum absolute atomic E-state index is 0.118. The second-order valence-electron chi connectivity index (χ2n) is 6.77. The van der Waals surface area contributed by atoms with E-state index in [1.807, 2.05) is 0 Å². The van der Waals surface area contributed by atoms with Crippen molar-refractivity contribution in [3.63, 3.8) is 0 Å². The predicted molar refractivity (Wildman–Crippen MR) is 81.6 cm³/mol. The molecule has 112 valence electrons. The van der Waals surface area contributed by atoms with Crippen molar-refractivity contribution in [2.45, 2.75) is 45.4 Å². The fourth-order valence-corrected chi connectivity index (χ4v) is 2.75. The molecule has 5 heteroatoms. The summed E-state index contributed by atoms with van der Waals surface area (Å²) in [6, 6.07) is 1.78. The van der Waals surface area contributed by atoms with E-state index in [0.29, 0.717) is 17.7 Å². The largest absolute Gasteiger partial charge is 0.396 e. The lowest BCUT2D eigenvalue weighted by Crippen LogP contribution is -2.23. The number of hydrogen-bond donors (Lipinski definition) is 3. The van der Waals surface area contributed by atoms with Gasteiger partial charge in [0.1, 0.15) is 17.5 Å². The Morgan fingerprint density at radius 3 is 2.65 bits per heavy atom. The van der Waals surface area contributed by atoms with Crippen molar-refractivity contribution in [3.05, 3.63) is 11.9 Å². The van der Waals surface area contributed by atoms with Gasteiger partial charge in [-0.25, -0.2) is 9.97 Å². The maximum absolute atomic E-state index is 9.36. The van der Waals surface area contributed by atoms with Crippen molar-refractivity contribution in [3.8, 4) is 0 Å². The number of rotatable bonds is 4. The Morgan fingerprint density at radius 1 is 1.30 bits per heavy atom. The first-order valence-corrected chi connectivity index (χ1v) is 7.40.